The van der Waals surface area contributed by atoms with Crippen LogP contribution in [0.1, 0.15) is 45.5 Å². The first-order chi connectivity index (χ1) is 17.1. The summed E-state index contributed by atoms with van der Waals surface area (Å²) < 4.78 is 2.01. The Labute approximate surface area is 209 Å². The van der Waals surface area contributed by atoms with Gasteiger partial charge in [0.25, 0.3) is 0 Å². The van der Waals surface area contributed by atoms with E-state index >= 15 is 0 Å². The minimum Gasteiger partial charge on any atom is -0.381 e. The van der Waals surface area contributed by atoms with Crippen molar-refractivity contribution in [3.63, 3.8) is 0 Å². The van der Waals surface area contributed by atoms with E-state index in [-0.39, 0.29) is 0 Å². The van der Waals surface area contributed by atoms with Gasteiger partial charge in [-0.3, -0.25) is 0 Å². The van der Waals surface area contributed by atoms with Gasteiger partial charge in [0.15, 0.2) is 5.69 Å². The predicted molar refractivity (Wildman–Crippen MR) is 145 cm³/mol. The molecule has 1 aliphatic rings. The molecule has 0 saturated carbocycles. The highest BCUT2D eigenvalue weighted by molar-refractivity contribution is 5.69. The van der Waals surface area contributed by atoms with Gasteiger partial charge in [0.05, 0.1) is 11.4 Å². The Morgan fingerprint density at radius 2 is 1.40 bits per heavy atom. The molecule has 0 radical (unpaired) electrons. The zero-order valence-electron chi connectivity index (χ0n) is 21.8. The number of nitrogens with one attached hydrogen (secondary N) is 1. The van der Waals surface area contributed by atoms with Gasteiger partial charge < -0.3 is 15.1 Å². The maximum Gasteiger partial charge on any atom is 0.241 e. The fourth-order valence-electron chi connectivity index (χ4n) is 4.69. The van der Waals surface area contributed by atoms with Crippen LogP contribution in [0.25, 0.3) is 5.69 Å². The average molecular weight is 473 g/mol. The summed E-state index contributed by atoms with van der Waals surface area (Å²) in [6.45, 7) is 15.7. The van der Waals surface area contributed by atoms with Gasteiger partial charge >= 0.3 is 0 Å². The Kier molecular flexibility index (Phi) is 7.95. The lowest BCUT2D eigenvalue weighted by atomic mass is 10.1. The van der Waals surface area contributed by atoms with Gasteiger partial charge in [0.1, 0.15) is 5.69 Å². The molecule has 1 N–H and O–H groups in total. The summed E-state index contributed by atoms with van der Waals surface area (Å²) in [5.41, 5.74) is 8.19. The number of aromatic nitrogens is 2. The highest BCUT2D eigenvalue weighted by Gasteiger charge is 2.27. The second-order valence-corrected chi connectivity index (χ2v) is 8.78. The van der Waals surface area contributed by atoms with E-state index in [1.165, 1.54) is 11.4 Å². The van der Waals surface area contributed by atoms with Gasteiger partial charge in [0, 0.05) is 68.3 Å². The highest BCUT2D eigenvalue weighted by Crippen LogP contribution is 2.34. The minimum absolute atomic E-state index is 0.844. The van der Waals surface area contributed by atoms with E-state index in [2.05, 4.69) is 91.2 Å². The Morgan fingerprint density at radius 3 is 1.97 bits per heavy atom. The van der Waals surface area contributed by atoms with E-state index in [9.17, 15) is 0 Å². The number of hydrogen-bond donors (Lipinski definition) is 1. The average Bonchev–Trinajstić information content (AvgIpc) is 2.90. The van der Waals surface area contributed by atoms with Crippen LogP contribution in [0.15, 0.2) is 58.8 Å². The number of fused-ring (bicyclic) bond motifs is 1. The molecule has 0 atom stereocenters. The van der Waals surface area contributed by atoms with Crippen molar-refractivity contribution in [2.24, 2.45) is 10.2 Å². The number of anilines is 3. The Hall–Kier alpha value is -3.48. The topological polar surface area (TPSA) is 60.0 Å². The predicted octanol–water partition coefficient (Wildman–Crippen LogP) is 6.13. The molecule has 0 spiro atoms. The first-order valence-electron chi connectivity index (χ1n) is 12.9. The van der Waals surface area contributed by atoms with Crippen molar-refractivity contribution in [1.82, 2.24) is 5.10 Å². The lowest BCUT2D eigenvalue weighted by Crippen LogP contribution is -2.40. The monoisotopic (exact) mass is 472 g/mol. The zero-order valence-corrected chi connectivity index (χ0v) is 21.8. The summed E-state index contributed by atoms with van der Waals surface area (Å²) in [6, 6.07) is 16.9. The van der Waals surface area contributed by atoms with Crippen molar-refractivity contribution in [3.05, 3.63) is 59.9 Å². The van der Waals surface area contributed by atoms with Gasteiger partial charge in [-0.25, -0.2) is 0 Å². The molecule has 1 aromatic heterocycles. The number of azo groups is 1. The minimum atomic E-state index is 0.844. The SMILES string of the molecule is CCN(CC)c1ccc(N=Nc2c3c(n[n+](-c4ccc(N(CC)CC)cc4)c2C)CCCN3)cc1. The molecule has 0 fully saturated rings. The molecule has 0 aliphatic carbocycles. The summed E-state index contributed by atoms with van der Waals surface area (Å²) in [7, 11) is 0. The van der Waals surface area contributed by atoms with Crippen molar-refractivity contribution >= 4 is 28.4 Å². The molecule has 2 heterocycles. The molecule has 0 bridgehead atoms. The van der Waals surface area contributed by atoms with Gasteiger partial charge in [-0.15, -0.1) is 5.11 Å². The summed E-state index contributed by atoms with van der Waals surface area (Å²) >= 11 is 0. The summed E-state index contributed by atoms with van der Waals surface area (Å²) in [5, 5.41) is 17.9. The van der Waals surface area contributed by atoms with Crippen molar-refractivity contribution in [1.29, 1.82) is 0 Å². The summed E-state index contributed by atoms with van der Waals surface area (Å²) in [5.74, 6) is 0. The normalized spacial score (nSPS) is 12.9. The molecule has 35 heavy (non-hydrogen) atoms. The molecule has 2 aromatic carbocycles. The maximum absolute atomic E-state index is 5.00. The Morgan fingerprint density at radius 1 is 0.829 bits per heavy atom. The number of aryl methyl sites for hydroxylation is 1. The fraction of sp³-hybridized carbons (Fsp3) is 0.429. The van der Waals surface area contributed by atoms with Crippen LogP contribution < -0.4 is 19.8 Å². The molecule has 4 rings (SSSR count). The van der Waals surface area contributed by atoms with Crippen LogP contribution in [0.4, 0.5) is 28.4 Å². The van der Waals surface area contributed by atoms with E-state index in [0.29, 0.717) is 0 Å². The van der Waals surface area contributed by atoms with Gasteiger partial charge in [-0.05, 0) is 81.6 Å². The van der Waals surface area contributed by atoms with Gasteiger partial charge in [0.2, 0.25) is 11.4 Å². The van der Waals surface area contributed by atoms with Gasteiger partial charge in [-0.2, -0.15) is 5.11 Å². The summed E-state index contributed by atoms with van der Waals surface area (Å²) in [4.78, 5) is 4.67. The third kappa shape index (κ3) is 5.29. The third-order valence-electron chi connectivity index (χ3n) is 6.77. The molecule has 0 amide bonds. The summed E-state index contributed by atoms with van der Waals surface area (Å²) in [6.07, 6.45) is 1.99. The fourth-order valence-corrected chi connectivity index (χ4v) is 4.69. The third-order valence-corrected chi connectivity index (χ3v) is 6.77. The van der Waals surface area contributed by atoms with E-state index in [1.807, 2.05) is 16.8 Å². The number of benzene rings is 2. The van der Waals surface area contributed by atoms with E-state index in [1.54, 1.807) is 0 Å². The maximum atomic E-state index is 5.00. The molecular weight excluding hydrogens is 434 g/mol. The van der Waals surface area contributed by atoms with Crippen molar-refractivity contribution in [3.8, 4) is 5.69 Å². The van der Waals surface area contributed by atoms with Gasteiger partial charge in [-0.1, -0.05) is 0 Å². The van der Waals surface area contributed by atoms with Crippen LogP contribution in [0, 0.1) is 6.92 Å². The van der Waals surface area contributed by atoms with Crippen molar-refractivity contribution in [2.45, 2.75) is 47.5 Å². The number of nitrogens with zero attached hydrogens (tertiary/aromatic N) is 6. The smallest absolute Gasteiger partial charge is 0.241 e. The van der Waals surface area contributed by atoms with Crippen LogP contribution in [0.3, 0.4) is 0 Å². The van der Waals surface area contributed by atoms with E-state index in [0.717, 1.165) is 79.7 Å². The zero-order chi connectivity index (χ0) is 24.8. The van der Waals surface area contributed by atoms with Crippen molar-refractivity contribution in [2.75, 3.05) is 47.8 Å². The molecular formula is C28H38N7+. The Balaban J connectivity index is 1.69. The number of hydrogen-bond acceptors (Lipinski definition) is 6. The molecule has 1 aliphatic heterocycles. The first kappa shape index (κ1) is 24.6. The molecule has 7 heteroatoms. The van der Waals surface area contributed by atoms with Crippen molar-refractivity contribution < 1.29 is 4.68 Å². The van der Waals surface area contributed by atoms with E-state index < -0.39 is 0 Å². The van der Waals surface area contributed by atoms with Crippen LogP contribution in [-0.2, 0) is 6.42 Å². The molecule has 7 nitrogen and oxygen atoms in total. The van der Waals surface area contributed by atoms with Crippen LogP contribution in [-0.4, -0.2) is 37.8 Å². The van der Waals surface area contributed by atoms with E-state index in [4.69, 9.17) is 10.2 Å². The number of rotatable bonds is 9. The first-order valence-corrected chi connectivity index (χ1v) is 12.9. The second-order valence-electron chi connectivity index (χ2n) is 8.78. The van der Waals surface area contributed by atoms with Crippen LogP contribution in [0.2, 0.25) is 0 Å². The molecule has 0 unspecified atom stereocenters. The molecule has 0 saturated heterocycles. The second kappa shape index (κ2) is 11.3. The standard InChI is InChI=1S/C28H37N7/c1-6-33(7-2)23-14-12-22(13-15-23)30-31-27-21(5)35(32-26-11-10-20-29-28(26)27)25-18-16-24(17-19-25)34(8-3)9-4/h12-19H,6-11,20H2,1-5H3/p+1. The highest BCUT2D eigenvalue weighted by atomic mass is 15.3. The lowest BCUT2D eigenvalue weighted by Gasteiger charge is -2.21. The van der Waals surface area contributed by atoms with Crippen LogP contribution >= 0.6 is 0 Å². The van der Waals surface area contributed by atoms with Crippen LogP contribution in [0.5, 0.6) is 0 Å². The lowest BCUT2D eigenvalue weighted by molar-refractivity contribution is -0.666. The quantitative estimate of drug-likeness (QED) is 0.300. The Bertz CT molecular complexity index is 1150. The molecule has 184 valence electrons. The largest absolute Gasteiger partial charge is 0.381 e. The molecule has 3 aromatic rings.